The number of piperazine rings is 1. The summed E-state index contributed by atoms with van der Waals surface area (Å²) >= 11 is 0. The quantitative estimate of drug-likeness (QED) is 0.684. The van der Waals surface area contributed by atoms with Crippen molar-refractivity contribution in [3.63, 3.8) is 0 Å². The highest BCUT2D eigenvalue weighted by Crippen LogP contribution is 2.12. The molecule has 2 rings (SSSR count). The van der Waals surface area contributed by atoms with Gasteiger partial charge in [-0.05, 0) is 5.56 Å². The molecule has 1 saturated heterocycles. The molecule has 0 unspecified atom stereocenters. The first kappa shape index (κ1) is 19.4. The van der Waals surface area contributed by atoms with Crippen molar-refractivity contribution in [1.29, 1.82) is 0 Å². The monoisotopic (exact) mass is 348 g/mol. The molecule has 1 aliphatic heterocycles. The molecule has 1 atom stereocenters. The Kier molecular flexibility index (Phi) is 7.84. The molecule has 138 valence electrons. The van der Waals surface area contributed by atoms with E-state index >= 15 is 0 Å². The topological polar surface area (TPSA) is 73.9 Å². The molecule has 25 heavy (non-hydrogen) atoms. The van der Waals surface area contributed by atoms with Crippen LogP contribution in [-0.2, 0) is 14.3 Å². The van der Waals surface area contributed by atoms with Crippen LogP contribution in [0.3, 0.4) is 0 Å². The number of ether oxygens (including phenoxy) is 1. The van der Waals surface area contributed by atoms with Crippen LogP contribution < -0.4 is 10.6 Å². The lowest BCUT2D eigenvalue weighted by Crippen LogP contribution is -2.51. The van der Waals surface area contributed by atoms with Gasteiger partial charge in [-0.1, -0.05) is 30.3 Å². The first-order valence-corrected chi connectivity index (χ1v) is 8.63. The van der Waals surface area contributed by atoms with Crippen molar-refractivity contribution in [2.45, 2.75) is 6.04 Å². The smallest absolute Gasteiger partial charge is 0.246 e. The predicted molar refractivity (Wildman–Crippen MR) is 96.1 cm³/mol. The molecule has 2 amide bonds. The number of nitrogens with one attached hydrogen (secondary N) is 2. The Morgan fingerprint density at radius 3 is 2.36 bits per heavy atom. The fourth-order valence-electron chi connectivity index (χ4n) is 2.89. The molecule has 7 heteroatoms. The minimum atomic E-state index is -0.665. The molecule has 0 radical (unpaired) electrons. The molecule has 0 aliphatic carbocycles. The van der Waals surface area contributed by atoms with Crippen LogP contribution in [0.15, 0.2) is 30.3 Å². The Bertz CT molecular complexity index is 545. The number of rotatable bonds is 8. The molecular formula is C18H28N4O3. The maximum Gasteiger partial charge on any atom is 0.246 e. The summed E-state index contributed by atoms with van der Waals surface area (Å²) in [5.74, 6) is -0.355. The van der Waals surface area contributed by atoms with Gasteiger partial charge >= 0.3 is 0 Å². The van der Waals surface area contributed by atoms with Gasteiger partial charge in [-0.15, -0.1) is 0 Å². The van der Waals surface area contributed by atoms with Crippen LogP contribution >= 0.6 is 0 Å². The number of likely N-dealkylation sites (N-methyl/N-ethyl adjacent to an activating group) is 1. The van der Waals surface area contributed by atoms with Crippen LogP contribution in [0.1, 0.15) is 11.6 Å². The number of hydrogen-bond donors (Lipinski definition) is 2. The van der Waals surface area contributed by atoms with Crippen molar-refractivity contribution >= 4 is 11.8 Å². The van der Waals surface area contributed by atoms with Crippen molar-refractivity contribution in [2.24, 2.45) is 0 Å². The van der Waals surface area contributed by atoms with Crippen molar-refractivity contribution < 1.29 is 14.3 Å². The van der Waals surface area contributed by atoms with Crippen molar-refractivity contribution in [3.05, 3.63) is 35.9 Å². The van der Waals surface area contributed by atoms with Crippen LogP contribution in [-0.4, -0.2) is 81.6 Å². The summed E-state index contributed by atoms with van der Waals surface area (Å²) in [5.41, 5.74) is 0.777. The van der Waals surface area contributed by atoms with Gasteiger partial charge in [-0.3, -0.25) is 19.4 Å². The Morgan fingerprint density at radius 2 is 1.76 bits per heavy atom. The van der Waals surface area contributed by atoms with Gasteiger partial charge in [0.15, 0.2) is 0 Å². The highest BCUT2D eigenvalue weighted by Gasteiger charge is 2.24. The Morgan fingerprint density at radius 1 is 1.12 bits per heavy atom. The first-order valence-electron chi connectivity index (χ1n) is 8.63. The number of amides is 2. The second-order valence-electron chi connectivity index (χ2n) is 6.14. The van der Waals surface area contributed by atoms with Gasteiger partial charge in [-0.2, -0.15) is 0 Å². The largest absolute Gasteiger partial charge is 0.383 e. The lowest BCUT2D eigenvalue weighted by molar-refractivity contribution is -0.129. The van der Waals surface area contributed by atoms with E-state index in [0.717, 1.165) is 44.9 Å². The molecule has 0 aromatic heterocycles. The number of methoxy groups -OCH3 is 1. The van der Waals surface area contributed by atoms with E-state index in [1.807, 2.05) is 30.3 Å². The SMILES string of the molecule is CNC(=O)[C@H](NC(=O)CN1CCN(CCOC)CC1)c1ccccc1. The molecule has 1 aliphatic rings. The average molecular weight is 348 g/mol. The van der Waals surface area contributed by atoms with E-state index < -0.39 is 6.04 Å². The summed E-state index contributed by atoms with van der Waals surface area (Å²) in [6.45, 7) is 5.48. The maximum absolute atomic E-state index is 12.4. The summed E-state index contributed by atoms with van der Waals surface area (Å²) in [7, 11) is 3.28. The zero-order valence-corrected chi connectivity index (χ0v) is 15.0. The van der Waals surface area contributed by atoms with Crippen molar-refractivity contribution in [3.8, 4) is 0 Å². The third-order valence-corrected chi connectivity index (χ3v) is 4.39. The van der Waals surface area contributed by atoms with E-state index in [2.05, 4.69) is 20.4 Å². The summed E-state index contributed by atoms with van der Waals surface area (Å²) in [6.07, 6.45) is 0. The normalized spacial score (nSPS) is 17.0. The molecule has 2 N–H and O–H groups in total. The van der Waals surface area contributed by atoms with Gasteiger partial charge < -0.3 is 15.4 Å². The fraction of sp³-hybridized carbons (Fsp3) is 0.556. The van der Waals surface area contributed by atoms with Crippen LogP contribution in [0.25, 0.3) is 0 Å². The molecule has 1 aromatic rings. The first-order chi connectivity index (χ1) is 12.1. The summed E-state index contributed by atoms with van der Waals surface area (Å²) in [4.78, 5) is 29.0. The third-order valence-electron chi connectivity index (χ3n) is 4.39. The van der Waals surface area contributed by atoms with E-state index in [4.69, 9.17) is 4.74 Å². The number of carbonyl (C=O) groups is 2. The van der Waals surface area contributed by atoms with E-state index in [-0.39, 0.29) is 11.8 Å². The molecule has 0 spiro atoms. The lowest BCUT2D eigenvalue weighted by Gasteiger charge is -2.34. The zero-order valence-electron chi connectivity index (χ0n) is 15.0. The Labute approximate surface area is 149 Å². The minimum absolute atomic E-state index is 0.136. The molecule has 0 bridgehead atoms. The van der Waals surface area contributed by atoms with Crippen molar-refractivity contribution in [2.75, 3.05) is 60.0 Å². The maximum atomic E-state index is 12.4. The number of carbonyl (C=O) groups excluding carboxylic acids is 2. The number of nitrogens with zero attached hydrogens (tertiary/aromatic N) is 2. The van der Waals surface area contributed by atoms with E-state index in [1.165, 1.54) is 0 Å². The van der Waals surface area contributed by atoms with E-state index in [1.54, 1.807) is 14.2 Å². The predicted octanol–water partition coefficient (Wildman–Crippen LogP) is -0.146. The third kappa shape index (κ3) is 6.12. The van der Waals surface area contributed by atoms with Crippen LogP contribution in [0.5, 0.6) is 0 Å². The summed E-state index contributed by atoms with van der Waals surface area (Å²) in [5, 5.41) is 5.46. The van der Waals surface area contributed by atoms with Gasteiger partial charge in [0.2, 0.25) is 11.8 Å². The molecular weight excluding hydrogens is 320 g/mol. The average Bonchev–Trinajstić information content (AvgIpc) is 2.65. The molecule has 1 aromatic carbocycles. The molecule has 0 saturated carbocycles. The van der Waals surface area contributed by atoms with Crippen LogP contribution in [0.4, 0.5) is 0 Å². The second-order valence-corrected chi connectivity index (χ2v) is 6.14. The Balaban J connectivity index is 1.85. The highest BCUT2D eigenvalue weighted by molar-refractivity contribution is 5.89. The fourth-order valence-corrected chi connectivity index (χ4v) is 2.89. The second kappa shape index (κ2) is 10.1. The van der Waals surface area contributed by atoms with Gasteiger partial charge in [0.1, 0.15) is 6.04 Å². The van der Waals surface area contributed by atoms with E-state index in [9.17, 15) is 9.59 Å². The van der Waals surface area contributed by atoms with Gasteiger partial charge in [0, 0.05) is 46.9 Å². The lowest BCUT2D eigenvalue weighted by atomic mass is 10.1. The Hall–Kier alpha value is -1.96. The van der Waals surface area contributed by atoms with Crippen LogP contribution in [0, 0.1) is 0 Å². The summed E-state index contributed by atoms with van der Waals surface area (Å²) in [6, 6.07) is 8.62. The standard InChI is InChI=1S/C18H28N4O3/c1-19-18(24)17(15-6-4-3-5-7-15)20-16(23)14-22-10-8-21(9-11-22)12-13-25-2/h3-7,17H,8-14H2,1-2H3,(H,19,24)(H,20,23)/t17-/m1/s1. The molecule has 1 fully saturated rings. The number of hydrogen-bond acceptors (Lipinski definition) is 5. The van der Waals surface area contributed by atoms with Crippen molar-refractivity contribution in [1.82, 2.24) is 20.4 Å². The zero-order chi connectivity index (χ0) is 18.1. The van der Waals surface area contributed by atoms with Gasteiger partial charge in [-0.25, -0.2) is 0 Å². The minimum Gasteiger partial charge on any atom is -0.383 e. The van der Waals surface area contributed by atoms with E-state index in [0.29, 0.717) is 6.54 Å². The summed E-state index contributed by atoms with van der Waals surface area (Å²) < 4.78 is 5.10. The van der Waals surface area contributed by atoms with Crippen LogP contribution in [0.2, 0.25) is 0 Å². The van der Waals surface area contributed by atoms with Gasteiger partial charge in [0.05, 0.1) is 13.2 Å². The number of benzene rings is 1. The molecule has 1 heterocycles. The highest BCUT2D eigenvalue weighted by atomic mass is 16.5. The van der Waals surface area contributed by atoms with Gasteiger partial charge in [0.25, 0.3) is 0 Å². The molecule has 7 nitrogen and oxygen atoms in total.